The second-order valence-corrected chi connectivity index (χ2v) is 10.5. The summed E-state index contributed by atoms with van der Waals surface area (Å²) in [6.07, 6.45) is -0.135. The van der Waals surface area contributed by atoms with Crippen molar-refractivity contribution < 1.29 is 17.9 Å². The molecule has 0 atom stereocenters. The average molecular weight is 481 g/mol. The molecule has 4 aromatic rings. The number of amides is 1. The molecule has 4 rings (SSSR count). The standard InChI is InChI=1S/C25H24N2O4S2/c1-2-31-20-13-14-22-23(17-20)32-25(26-22)27(18-19-9-5-3-6-10-19)24(28)15-16-33(29,30)21-11-7-4-8-12-21/h3-14,17H,2,15-16,18H2,1H3. The highest BCUT2D eigenvalue weighted by Crippen LogP contribution is 2.32. The fourth-order valence-electron chi connectivity index (χ4n) is 3.40. The molecule has 0 fully saturated rings. The molecular weight excluding hydrogens is 456 g/mol. The molecule has 0 aliphatic carbocycles. The van der Waals surface area contributed by atoms with Crippen molar-refractivity contribution in [1.29, 1.82) is 0 Å². The number of benzene rings is 3. The van der Waals surface area contributed by atoms with Crippen LogP contribution < -0.4 is 9.64 Å². The number of rotatable bonds is 9. The summed E-state index contributed by atoms with van der Waals surface area (Å²) >= 11 is 1.39. The van der Waals surface area contributed by atoms with Gasteiger partial charge in [0.2, 0.25) is 5.91 Å². The van der Waals surface area contributed by atoms with Crippen LogP contribution in [0.1, 0.15) is 18.9 Å². The highest BCUT2D eigenvalue weighted by molar-refractivity contribution is 7.91. The first-order valence-corrected chi connectivity index (χ1v) is 13.1. The van der Waals surface area contributed by atoms with Crippen LogP contribution in [0, 0.1) is 0 Å². The summed E-state index contributed by atoms with van der Waals surface area (Å²) in [7, 11) is -3.56. The van der Waals surface area contributed by atoms with E-state index < -0.39 is 9.84 Å². The Morgan fingerprint density at radius 2 is 1.70 bits per heavy atom. The van der Waals surface area contributed by atoms with Crippen LogP contribution in [-0.4, -0.2) is 31.7 Å². The van der Waals surface area contributed by atoms with Gasteiger partial charge in [-0.05, 0) is 42.8 Å². The van der Waals surface area contributed by atoms with Crippen LogP contribution in [0.15, 0.2) is 83.8 Å². The minimum Gasteiger partial charge on any atom is -0.494 e. The smallest absolute Gasteiger partial charge is 0.230 e. The maximum absolute atomic E-state index is 13.3. The van der Waals surface area contributed by atoms with Gasteiger partial charge in [-0.1, -0.05) is 59.9 Å². The molecule has 1 aromatic heterocycles. The van der Waals surface area contributed by atoms with Gasteiger partial charge in [0.15, 0.2) is 15.0 Å². The maximum atomic E-state index is 13.3. The lowest BCUT2D eigenvalue weighted by Gasteiger charge is -2.20. The van der Waals surface area contributed by atoms with E-state index in [0.717, 1.165) is 21.5 Å². The Hall–Kier alpha value is -3.23. The third-order valence-electron chi connectivity index (χ3n) is 5.06. The van der Waals surface area contributed by atoms with Crippen molar-refractivity contribution in [1.82, 2.24) is 4.98 Å². The Kier molecular flexibility index (Phi) is 7.05. The molecule has 3 aromatic carbocycles. The summed E-state index contributed by atoms with van der Waals surface area (Å²) in [5.74, 6) is 0.193. The monoisotopic (exact) mass is 480 g/mol. The summed E-state index contributed by atoms with van der Waals surface area (Å²) in [4.78, 5) is 19.7. The molecule has 0 spiro atoms. The fourth-order valence-corrected chi connectivity index (χ4v) is 5.66. The molecule has 0 unspecified atom stereocenters. The van der Waals surface area contributed by atoms with Crippen LogP contribution in [0.2, 0.25) is 0 Å². The van der Waals surface area contributed by atoms with E-state index in [1.807, 2.05) is 55.5 Å². The number of hydrogen-bond acceptors (Lipinski definition) is 6. The summed E-state index contributed by atoms with van der Waals surface area (Å²) in [6, 6.07) is 23.4. The van der Waals surface area contributed by atoms with Gasteiger partial charge in [-0.2, -0.15) is 0 Å². The van der Waals surface area contributed by atoms with Crippen molar-refractivity contribution in [3.05, 3.63) is 84.4 Å². The van der Waals surface area contributed by atoms with Crippen molar-refractivity contribution in [2.45, 2.75) is 24.8 Å². The minimum absolute atomic E-state index is 0.135. The lowest BCUT2D eigenvalue weighted by atomic mass is 10.2. The molecule has 8 heteroatoms. The molecule has 6 nitrogen and oxygen atoms in total. The number of sulfone groups is 1. The van der Waals surface area contributed by atoms with Crippen LogP contribution in [0.5, 0.6) is 5.75 Å². The number of hydrogen-bond donors (Lipinski definition) is 0. The van der Waals surface area contributed by atoms with Gasteiger partial charge in [0.05, 0.1) is 34.0 Å². The summed E-state index contributed by atoms with van der Waals surface area (Å²) < 4.78 is 31.9. The summed E-state index contributed by atoms with van der Waals surface area (Å²) in [6.45, 7) is 2.79. The summed E-state index contributed by atoms with van der Waals surface area (Å²) in [5.41, 5.74) is 1.70. The van der Waals surface area contributed by atoms with Crippen LogP contribution in [0.25, 0.3) is 10.2 Å². The van der Waals surface area contributed by atoms with Gasteiger partial charge in [-0.3, -0.25) is 9.69 Å². The number of ether oxygens (including phenoxy) is 1. The molecule has 0 bridgehead atoms. The molecule has 0 N–H and O–H groups in total. The zero-order valence-corrected chi connectivity index (χ0v) is 19.8. The van der Waals surface area contributed by atoms with Crippen LogP contribution in [-0.2, 0) is 21.2 Å². The number of carbonyl (C=O) groups excluding carboxylic acids is 1. The van der Waals surface area contributed by atoms with Crippen LogP contribution in [0.4, 0.5) is 5.13 Å². The third kappa shape index (κ3) is 5.58. The largest absolute Gasteiger partial charge is 0.494 e. The molecule has 170 valence electrons. The third-order valence-corrected chi connectivity index (χ3v) is 7.84. The number of nitrogens with zero attached hydrogens (tertiary/aromatic N) is 2. The van der Waals surface area contributed by atoms with Crippen molar-refractivity contribution >= 4 is 42.4 Å². The van der Waals surface area contributed by atoms with E-state index in [-0.39, 0.29) is 23.0 Å². The molecule has 0 saturated heterocycles. The maximum Gasteiger partial charge on any atom is 0.230 e. The van der Waals surface area contributed by atoms with E-state index in [4.69, 9.17) is 4.74 Å². The number of aromatic nitrogens is 1. The van der Waals surface area contributed by atoms with Gasteiger partial charge in [-0.15, -0.1) is 0 Å². The second-order valence-electron chi connectivity index (χ2n) is 7.41. The van der Waals surface area contributed by atoms with E-state index in [2.05, 4.69) is 4.98 Å². The molecular formula is C25H24N2O4S2. The van der Waals surface area contributed by atoms with Gasteiger partial charge in [0, 0.05) is 6.42 Å². The average Bonchev–Trinajstić information content (AvgIpc) is 3.25. The zero-order chi connectivity index (χ0) is 23.3. The van der Waals surface area contributed by atoms with Gasteiger partial charge in [0.1, 0.15) is 5.75 Å². The van der Waals surface area contributed by atoms with E-state index in [1.165, 1.54) is 11.3 Å². The number of carbonyl (C=O) groups is 1. The minimum atomic E-state index is -3.56. The van der Waals surface area contributed by atoms with Crippen molar-refractivity contribution in [3.63, 3.8) is 0 Å². The first-order valence-electron chi connectivity index (χ1n) is 10.6. The highest BCUT2D eigenvalue weighted by Gasteiger charge is 2.23. The SMILES string of the molecule is CCOc1ccc2nc(N(Cc3ccccc3)C(=O)CCS(=O)(=O)c3ccccc3)sc2c1. The predicted octanol–water partition coefficient (Wildman–Crippen LogP) is 5.09. The Morgan fingerprint density at radius 3 is 2.39 bits per heavy atom. The highest BCUT2D eigenvalue weighted by atomic mass is 32.2. The Bertz CT molecular complexity index is 1340. The molecule has 0 saturated carbocycles. The number of thiazole rings is 1. The van der Waals surface area contributed by atoms with E-state index >= 15 is 0 Å². The van der Waals surface area contributed by atoms with Gasteiger partial charge < -0.3 is 4.74 Å². The topological polar surface area (TPSA) is 76.6 Å². The molecule has 0 aliphatic heterocycles. The molecule has 0 aliphatic rings. The molecule has 1 amide bonds. The van der Waals surface area contributed by atoms with Gasteiger partial charge >= 0.3 is 0 Å². The zero-order valence-electron chi connectivity index (χ0n) is 18.2. The van der Waals surface area contributed by atoms with Crippen molar-refractivity contribution in [2.75, 3.05) is 17.3 Å². The lowest BCUT2D eigenvalue weighted by molar-refractivity contribution is -0.118. The second kappa shape index (κ2) is 10.1. The number of fused-ring (bicyclic) bond motifs is 1. The Balaban J connectivity index is 1.61. The summed E-state index contributed by atoms with van der Waals surface area (Å²) in [5, 5.41) is 0.532. The van der Waals surface area contributed by atoms with E-state index in [9.17, 15) is 13.2 Å². The van der Waals surface area contributed by atoms with Gasteiger partial charge in [0.25, 0.3) is 0 Å². The molecule has 33 heavy (non-hydrogen) atoms. The molecule has 1 heterocycles. The van der Waals surface area contributed by atoms with Crippen molar-refractivity contribution in [3.8, 4) is 5.75 Å². The predicted molar refractivity (Wildman–Crippen MR) is 132 cm³/mol. The van der Waals surface area contributed by atoms with Crippen LogP contribution >= 0.6 is 11.3 Å². The Labute approximate surface area is 197 Å². The van der Waals surface area contributed by atoms with E-state index in [1.54, 1.807) is 35.2 Å². The quantitative estimate of drug-likeness (QED) is 0.333. The fraction of sp³-hybridized carbons (Fsp3) is 0.200. The number of anilines is 1. The van der Waals surface area contributed by atoms with Crippen molar-refractivity contribution in [2.24, 2.45) is 0 Å². The van der Waals surface area contributed by atoms with Crippen LogP contribution in [0.3, 0.4) is 0 Å². The first-order chi connectivity index (χ1) is 16.0. The van der Waals surface area contributed by atoms with E-state index in [0.29, 0.717) is 18.3 Å². The van der Waals surface area contributed by atoms with Gasteiger partial charge in [-0.25, -0.2) is 13.4 Å². The Morgan fingerprint density at radius 1 is 1.00 bits per heavy atom. The normalized spacial score (nSPS) is 11.4. The lowest BCUT2D eigenvalue weighted by Crippen LogP contribution is -2.31. The molecule has 0 radical (unpaired) electrons. The first kappa shape index (κ1) is 22.9.